The van der Waals surface area contributed by atoms with Crippen molar-refractivity contribution in [2.75, 3.05) is 20.3 Å². The van der Waals surface area contributed by atoms with Gasteiger partial charge < -0.3 is 14.2 Å². The molecule has 3 rings (SSSR count). The average molecular weight is 499 g/mol. The topological polar surface area (TPSA) is 96.0 Å². The van der Waals surface area contributed by atoms with Crippen LogP contribution in [0.3, 0.4) is 0 Å². The Kier molecular flexibility index (Phi) is 9.82. The molecule has 0 aromatic heterocycles. The van der Waals surface area contributed by atoms with E-state index in [0.717, 1.165) is 11.1 Å². The zero-order valence-corrected chi connectivity index (χ0v) is 20.5. The Labute approximate surface area is 215 Å². The van der Waals surface area contributed by atoms with Crippen molar-refractivity contribution in [1.29, 1.82) is 0 Å². The molecule has 7 heteroatoms. The quantitative estimate of drug-likeness (QED) is 0.118. The second kappa shape index (κ2) is 13.5. The second-order valence-electron chi connectivity index (χ2n) is 7.93. The molecular formula is C30H26O7. The maximum Gasteiger partial charge on any atom is 0.343 e. The largest absolute Gasteiger partial charge is 0.460 e. The molecule has 0 saturated carbocycles. The lowest BCUT2D eigenvalue weighted by Gasteiger charge is -2.05. The smallest absolute Gasteiger partial charge is 0.343 e. The van der Waals surface area contributed by atoms with Crippen LogP contribution in [0.25, 0.3) is 12.2 Å². The SMILES string of the molecule is COCCOC(=O)c1ccc(/C=C/C(=O)c2ccc(OC(=O)c3ccc(/C=C/C(C)=O)cc3)cc2)cc1. The van der Waals surface area contributed by atoms with Gasteiger partial charge in [-0.3, -0.25) is 9.59 Å². The molecule has 0 fully saturated rings. The predicted octanol–water partition coefficient (Wildman–Crippen LogP) is 5.21. The minimum Gasteiger partial charge on any atom is -0.460 e. The van der Waals surface area contributed by atoms with E-state index in [0.29, 0.717) is 29.0 Å². The highest BCUT2D eigenvalue weighted by Gasteiger charge is 2.10. The Morgan fingerprint density at radius 1 is 0.649 bits per heavy atom. The van der Waals surface area contributed by atoms with Crippen LogP contribution < -0.4 is 4.74 Å². The second-order valence-corrected chi connectivity index (χ2v) is 7.93. The average Bonchev–Trinajstić information content (AvgIpc) is 2.91. The lowest BCUT2D eigenvalue weighted by Crippen LogP contribution is -2.09. The van der Waals surface area contributed by atoms with Gasteiger partial charge in [0.1, 0.15) is 12.4 Å². The van der Waals surface area contributed by atoms with E-state index < -0.39 is 11.9 Å². The molecule has 0 atom stereocenters. The maximum absolute atomic E-state index is 12.5. The first-order chi connectivity index (χ1) is 17.9. The Morgan fingerprint density at radius 3 is 1.70 bits per heavy atom. The van der Waals surface area contributed by atoms with Gasteiger partial charge >= 0.3 is 11.9 Å². The number of carbonyl (C=O) groups excluding carboxylic acids is 4. The lowest BCUT2D eigenvalue weighted by atomic mass is 10.1. The van der Waals surface area contributed by atoms with Crippen molar-refractivity contribution in [3.63, 3.8) is 0 Å². The van der Waals surface area contributed by atoms with E-state index in [-0.39, 0.29) is 18.2 Å². The molecule has 0 saturated heterocycles. The number of rotatable bonds is 11. The molecule has 0 amide bonds. The first-order valence-electron chi connectivity index (χ1n) is 11.4. The van der Waals surface area contributed by atoms with E-state index in [1.54, 1.807) is 84.9 Å². The van der Waals surface area contributed by atoms with Crippen LogP contribution in [0.2, 0.25) is 0 Å². The summed E-state index contributed by atoms with van der Waals surface area (Å²) in [4.78, 5) is 47.9. The van der Waals surface area contributed by atoms with E-state index in [9.17, 15) is 19.2 Å². The highest BCUT2D eigenvalue weighted by Crippen LogP contribution is 2.16. The van der Waals surface area contributed by atoms with E-state index in [4.69, 9.17) is 14.2 Å². The van der Waals surface area contributed by atoms with E-state index >= 15 is 0 Å². The molecular weight excluding hydrogens is 472 g/mol. The number of ketones is 2. The van der Waals surface area contributed by atoms with Gasteiger partial charge in [0.2, 0.25) is 0 Å². The number of allylic oxidation sites excluding steroid dienone is 2. The Balaban J connectivity index is 1.55. The van der Waals surface area contributed by atoms with Crippen LogP contribution in [-0.4, -0.2) is 43.8 Å². The fourth-order valence-electron chi connectivity index (χ4n) is 3.10. The van der Waals surface area contributed by atoms with Gasteiger partial charge in [0.05, 0.1) is 17.7 Å². The molecule has 0 aliphatic heterocycles. The van der Waals surface area contributed by atoms with Crippen LogP contribution in [0.1, 0.15) is 49.1 Å². The van der Waals surface area contributed by atoms with Crippen molar-refractivity contribution in [3.05, 3.63) is 113 Å². The number of hydrogen-bond donors (Lipinski definition) is 0. The molecule has 0 N–H and O–H groups in total. The number of hydrogen-bond acceptors (Lipinski definition) is 7. The number of esters is 2. The van der Waals surface area contributed by atoms with Crippen molar-refractivity contribution in [1.82, 2.24) is 0 Å². The van der Waals surface area contributed by atoms with Crippen molar-refractivity contribution >= 4 is 35.7 Å². The van der Waals surface area contributed by atoms with Gasteiger partial charge in [-0.25, -0.2) is 9.59 Å². The highest BCUT2D eigenvalue weighted by molar-refractivity contribution is 6.07. The van der Waals surface area contributed by atoms with E-state index in [2.05, 4.69) is 0 Å². The molecule has 188 valence electrons. The molecule has 0 aliphatic carbocycles. The van der Waals surface area contributed by atoms with Crippen LogP contribution in [-0.2, 0) is 14.3 Å². The third kappa shape index (κ3) is 8.52. The zero-order valence-electron chi connectivity index (χ0n) is 20.5. The summed E-state index contributed by atoms with van der Waals surface area (Å²) in [5, 5.41) is 0. The van der Waals surface area contributed by atoms with Crippen LogP contribution in [0.4, 0.5) is 0 Å². The molecule has 0 unspecified atom stereocenters. The summed E-state index contributed by atoms with van der Waals surface area (Å²) >= 11 is 0. The Morgan fingerprint density at radius 2 is 1.16 bits per heavy atom. The van der Waals surface area contributed by atoms with Gasteiger partial charge in [-0.05, 0) is 78.7 Å². The summed E-state index contributed by atoms with van der Waals surface area (Å²) in [6.45, 7) is 1.97. The molecule has 3 aromatic rings. The maximum atomic E-state index is 12.5. The summed E-state index contributed by atoms with van der Waals surface area (Å²) in [6, 6.07) is 19.6. The van der Waals surface area contributed by atoms with E-state index in [1.165, 1.54) is 26.2 Å². The molecule has 37 heavy (non-hydrogen) atoms. The molecule has 0 aliphatic rings. The minimum atomic E-state index is -0.535. The Bertz CT molecular complexity index is 1300. The highest BCUT2D eigenvalue weighted by atomic mass is 16.6. The van der Waals surface area contributed by atoms with Gasteiger partial charge in [0.25, 0.3) is 0 Å². The van der Waals surface area contributed by atoms with Gasteiger partial charge in [-0.15, -0.1) is 0 Å². The van der Waals surface area contributed by atoms with Crippen molar-refractivity contribution in [2.45, 2.75) is 6.92 Å². The molecule has 0 heterocycles. The van der Waals surface area contributed by atoms with Crippen LogP contribution in [0, 0.1) is 0 Å². The van der Waals surface area contributed by atoms with E-state index in [1.807, 2.05) is 0 Å². The number of benzene rings is 3. The summed E-state index contributed by atoms with van der Waals surface area (Å²) in [6.07, 6.45) is 6.18. The third-order valence-electron chi connectivity index (χ3n) is 5.10. The Hall–Kier alpha value is -4.62. The number of ether oxygens (including phenoxy) is 3. The van der Waals surface area contributed by atoms with Crippen molar-refractivity contribution in [2.24, 2.45) is 0 Å². The van der Waals surface area contributed by atoms with Crippen molar-refractivity contribution in [3.8, 4) is 5.75 Å². The van der Waals surface area contributed by atoms with Crippen LogP contribution >= 0.6 is 0 Å². The third-order valence-corrected chi connectivity index (χ3v) is 5.10. The lowest BCUT2D eigenvalue weighted by molar-refractivity contribution is -0.112. The summed E-state index contributed by atoms with van der Waals surface area (Å²) in [5.74, 6) is -0.961. The monoisotopic (exact) mass is 498 g/mol. The van der Waals surface area contributed by atoms with Gasteiger partial charge in [0, 0.05) is 12.7 Å². The minimum absolute atomic E-state index is 0.0622. The van der Waals surface area contributed by atoms with Crippen LogP contribution in [0.5, 0.6) is 5.75 Å². The predicted molar refractivity (Wildman–Crippen MR) is 140 cm³/mol. The first kappa shape index (κ1) is 27.0. The zero-order chi connectivity index (χ0) is 26.6. The summed E-state index contributed by atoms with van der Waals surface area (Å²) in [7, 11) is 1.53. The number of carbonyl (C=O) groups is 4. The molecule has 0 radical (unpaired) electrons. The summed E-state index contributed by atoms with van der Waals surface area (Å²) < 4.78 is 15.3. The number of methoxy groups -OCH3 is 1. The molecule has 0 spiro atoms. The fourth-order valence-corrected chi connectivity index (χ4v) is 3.10. The summed E-state index contributed by atoms with van der Waals surface area (Å²) in [5.41, 5.74) is 2.73. The first-order valence-corrected chi connectivity index (χ1v) is 11.4. The van der Waals surface area contributed by atoms with Gasteiger partial charge in [0.15, 0.2) is 11.6 Å². The standard InChI is InChI=1S/C30H26O7/c1-21(31)3-4-22-7-12-26(13-8-22)30(34)37-27-16-14-24(15-17-27)28(32)18-9-23-5-10-25(11-6-23)29(33)36-20-19-35-2/h3-18H,19-20H2,1-2H3/b4-3+,18-9+. The molecule has 0 bridgehead atoms. The van der Waals surface area contributed by atoms with Crippen LogP contribution in [0.15, 0.2) is 84.9 Å². The van der Waals surface area contributed by atoms with Gasteiger partial charge in [-0.2, -0.15) is 0 Å². The van der Waals surface area contributed by atoms with Crippen molar-refractivity contribution < 1.29 is 33.4 Å². The fraction of sp³-hybridized carbons (Fsp3) is 0.133. The molecule has 3 aromatic carbocycles. The normalized spacial score (nSPS) is 11.0. The molecule has 7 nitrogen and oxygen atoms in total. The van der Waals surface area contributed by atoms with Gasteiger partial charge in [-0.1, -0.05) is 36.4 Å².